The topological polar surface area (TPSA) is 40.5 Å². The van der Waals surface area contributed by atoms with E-state index in [0.717, 1.165) is 0 Å². The van der Waals surface area contributed by atoms with Gasteiger partial charge >= 0.3 is 0 Å². The van der Waals surface area contributed by atoms with E-state index in [4.69, 9.17) is 0 Å². The van der Waals surface area contributed by atoms with Crippen LogP contribution in [-0.4, -0.2) is 29.1 Å². The first-order valence-corrected chi connectivity index (χ1v) is 6.95. The highest BCUT2D eigenvalue weighted by atomic mass is 32.1. The zero-order valence-corrected chi connectivity index (χ0v) is 11.1. The summed E-state index contributed by atoms with van der Waals surface area (Å²) in [4.78, 5) is 15.2. The summed E-state index contributed by atoms with van der Waals surface area (Å²) in [6.07, 6.45) is 0.491. The summed E-state index contributed by atoms with van der Waals surface area (Å²) in [7, 11) is 0. The molecule has 1 aliphatic heterocycles. The number of carbonyl (C=O) groups is 1. The maximum Gasteiger partial charge on any atom is 0.223 e. The molecule has 0 radical (unpaired) electrons. The van der Waals surface area contributed by atoms with Crippen molar-refractivity contribution in [3.63, 3.8) is 0 Å². The smallest absolute Gasteiger partial charge is 0.223 e. The number of likely N-dealkylation sites (tertiary alicyclic amines) is 1. The Hall–Kier alpha value is -0.870. The van der Waals surface area contributed by atoms with Gasteiger partial charge in [-0.3, -0.25) is 4.79 Å². The Kier molecular flexibility index (Phi) is 3.84. The van der Waals surface area contributed by atoms with Crippen LogP contribution >= 0.6 is 11.3 Å². The van der Waals surface area contributed by atoms with Gasteiger partial charge in [-0.05, 0) is 17.4 Å². The van der Waals surface area contributed by atoms with Crippen molar-refractivity contribution in [2.75, 3.05) is 13.2 Å². The molecule has 0 aromatic carbocycles. The van der Waals surface area contributed by atoms with Gasteiger partial charge in [0.25, 0.3) is 0 Å². The average Bonchev–Trinajstić information content (AvgIpc) is 2.89. The fourth-order valence-corrected chi connectivity index (χ4v) is 3.51. The zero-order valence-electron chi connectivity index (χ0n) is 10.3. The molecule has 3 nitrogen and oxygen atoms in total. The molecule has 1 aromatic heterocycles. The summed E-state index contributed by atoms with van der Waals surface area (Å²) in [6.45, 7) is 5.08. The van der Waals surface area contributed by atoms with Crippen LogP contribution < -0.4 is 0 Å². The summed E-state index contributed by atoms with van der Waals surface area (Å²) in [6, 6.07) is 4.29. The monoisotopic (exact) mass is 253 g/mol. The van der Waals surface area contributed by atoms with Crippen LogP contribution in [0.3, 0.4) is 0 Å². The summed E-state index contributed by atoms with van der Waals surface area (Å²) in [5.41, 5.74) is 0. The minimum absolute atomic E-state index is 0.109. The first-order chi connectivity index (χ1) is 8.13. The lowest BCUT2D eigenvalue weighted by atomic mass is 10.0. The second-order valence-electron chi connectivity index (χ2n) is 5.00. The van der Waals surface area contributed by atoms with Crippen molar-refractivity contribution in [1.82, 2.24) is 4.90 Å². The highest BCUT2D eigenvalue weighted by Gasteiger charge is 2.36. The molecule has 2 atom stereocenters. The molecule has 17 heavy (non-hydrogen) atoms. The molecular formula is C13H19NO2S. The molecule has 0 bridgehead atoms. The third kappa shape index (κ3) is 2.53. The van der Waals surface area contributed by atoms with E-state index in [1.807, 2.05) is 11.0 Å². The Morgan fingerprint density at radius 2 is 2.35 bits per heavy atom. The van der Waals surface area contributed by atoms with Gasteiger partial charge in [-0.25, -0.2) is 0 Å². The molecule has 0 aliphatic carbocycles. The van der Waals surface area contributed by atoms with E-state index in [0.29, 0.717) is 18.9 Å². The van der Waals surface area contributed by atoms with Crippen LogP contribution in [0.1, 0.15) is 31.2 Å². The summed E-state index contributed by atoms with van der Waals surface area (Å²) >= 11 is 1.70. The Bertz CT molecular complexity index is 375. The van der Waals surface area contributed by atoms with Gasteiger partial charge in [-0.1, -0.05) is 19.9 Å². The van der Waals surface area contributed by atoms with E-state index in [-0.39, 0.29) is 24.5 Å². The third-order valence-electron chi connectivity index (χ3n) is 3.30. The first-order valence-electron chi connectivity index (χ1n) is 6.07. The Balaban J connectivity index is 2.20. The van der Waals surface area contributed by atoms with Gasteiger partial charge in [0.15, 0.2) is 0 Å². The molecule has 2 rings (SSSR count). The van der Waals surface area contributed by atoms with Crippen LogP contribution in [0.25, 0.3) is 0 Å². The van der Waals surface area contributed by atoms with Crippen LogP contribution in [0.15, 0.2) is 17.5 Å². The minimum Gasteiger partial charge on any atom is -0.396 e. The van der Waals surface area contributed by atoms with Crippen molar-refractivity contribution in [2.45, 2.75) is 26.3 Å². The summed E-state index contributed by atoms with van der Waals surface area (Å²) in [5.74, 6) is 0.690. The average molecular weight is 253 g/mol. The van der Waals surface area contributed by atoms with Crippen LogP contribution in [0, 0.1) is 11.8 Å². The Labute approximate surface area is 106 Å². The number of carbonyl (C=O) groups excluding carboxylic acids is 1. The molecule has 1 fully saturated rings. The van der Waals surface area contributed by atoms with Gasteiger partial charge in [0.05, 0.1) is 6.04 Å². The normalized spacial score (nSPS) is 22.5. The fraction of sp³-hybridized carbons (Fsp3) is 0.615. The molecule has 1 aromatic rings. The number of aliphatic hydroxyl groups excluding tert-OH is 1. The number of amides is 1. The van der Waals surface area contributed by atoms with Gasteiger partial charge in [-0.2, -0.15) is 0 Å². The maximum atomic E-state index is 12.0. The number of hydrogen-bond acceptors (Lipinski definition) is 3. The predicted molar refractivity (Wildman–Crippen MR) is 68.8 cm³/mol. The highest BCUT2D eigenvalue weighted by Crippen LogP contribution is 2.35. The molecule has 2 unspecified atom stereocenters. The maximum absolute atomic E-state index is 12.0. The number of thiophene rings is 1. The van der Waals surface area contributed by atoms with Gasteiger partial charge in [-0.15, -0.1) is 11.3 Å². The second-order valence-corrected chi connectivity index (χ2v) is 5.98. The number of aliphatic hydroxyl groups is 1. The van der Waals surface area contributed by atoms with Gasteiger partial charge in [0, 0.05) is 30.4 Å². The van der Waals surface area contributed by atoms with E-state index < -0.39 is 0 Å². The zero-order chi connectivity index (χ0) is 12.4. The molecule has 2 heterocycles. The number of nitrogens with zero attached hydrogens (tertiary/aromatic N) is 1. The van der Waals surface area contributed by atoms with Crippen molar-refractivity contribution in [1.29, 1.82) is 0 Å². The molecule has 1 N–H and O–H groups in total. The Morgan fingerprint density at radius 3 is 2.82 bits per heavy atom. The van der Waals surface area contributed by atoms with Crippen molar-refractivity contribution in [3.05, 3.63) is 22.4 Å². The van der Waals surface area contributed by atoms with Gasteiger partial charge in [0.1, 0.15) is 0 Å². The largest absolute Gasteiger partial charge is 0.396 e. The summed E-state index contributed by atoms with van der Waals surface area (Å²) < 4.78 is 0. The first kappa shape index (κ1) is 12.6. The van der Waals surface area contributed by atoms with Crippen molar-refractivity contribution in [2.24, 2.45) is 11.8 Å². The molecular weight excluding hydrogens is 234 g/mol. The van der Waals surface area contributed by atoms with Crippen molar-refractivity contribution >= 4 is 17.2 Å². The van der Waals surface area contributed by atoms with E-state index in [2.05, 4.69) is 25.3 Å². The minimum atomic E-state index is 0.109. The van der Waals surface area contributed by atoms with Crippen molar-refractivity contribution < 1.29 is 9.90 Å². The second kappa shape index (κ2) is 5.19. The Morgan fingerprint density at radius 1 is 1.59 bits per heavy atom. The SMILES string of the molecule is CC(C)C(c1cccs1)N1CC(CO)CC1=O. The van der Waals surface area contributed by atoms with Crippen LogP contribution in [-0.2, 0) is 4.79 Å². The predicted octanol–water partition coefficient (Wildman–Crippen LogP) is 2.29. The van der Waals surface area contributed by atoms with E-state index >= 15 is 0 Å². The van der Waals surface area contributed by atoms with Crippen molar-refractivity contribution in [3.8, 4) is 0 Å². The molecule has 1 saturated heterocycles. The van der Waals surface area contributed by atoms with Gasteiger partial charge in [0.2, 0.25) is 5.91 Å². The van der Waals surface area contributed by atoms with Gasteiger partial charge < -0.3 is 10.0 Å². The fourth-order valence-electron chi connectivity index (χ4n) is 2.50. The van der Waals surface area contributed by atoms with Crippen LogP contribution in [0.2, 0.25) is 0 Å². The van der Waals surface area contributed by atoms with E-state index in [9.17, 15) is 9.90 Å². The quantitative estimate of drug-likeness (QED) is 0.894. The lowest BCUT2D eigenvalue weighted by Gasteiger charge is -2.30. The molecule has 1 aliphatic rings. The molecule has 4 heteroatoms. The van der Waals surface area contributed by atoms with E-state index in [1.165, 1.54) is 4.88 Å². The number of rotatable bonds is 4. The molecule has 0 saturated carbocycles. The van der Waals surface area contributed by atoms with E-state index in [1.54, 1.807) is 11.3 Å². The molecule has 0 spiro atoms. The third-order valence-corrected chi connectivity index (χ3v) is 4.24. The molecule has 1 amide bonds. The molecule has 94 valence electrons. The van der Waals surface area contributed by atoms with Crippen LogP contribution in [0.4, 0.5) is 0 Å². The number of hydrogen-bond donors (Lipinski definition) is 1. The van der Waals surface area contributed by atoms with Crippen LogP contribution in [0.5, 0.6) is 0 Å². The lowest BCUT2D eigenvalue weighted by molar-refractivity contribution is -0.130. The highest BCUT2D eigenvalue weighted by molar-refractivity contribution is 7.10. The lowest BCUT2D eigenvalue weighted by Crippen LogP contribution is -2.33. The summed E-state index contributed by atoms with van der Waals surface area (Å²) in [5, 5.41) is 11.2. The standard InChI is InChI=1S/C13H19NO2S/c1-9(2)13(11-4-3-5-17-11)14-7-10(8-15)6-12(14)16/h3-5,9-10,13,15H,6-8H2,1-2H3.